The second-order valence-electron chi connectivity index (χ2n) is 5.11. The van der Waals surface area contributed by atoms with Gasteiger partial charge in [-0.3, -0.25) is 0 Å². The number of nitrogens with two attached hydrogens (primary N) is 1. The molecular weight excluding hydrogens is 354 g/mol. The minimum absolute atomic E-state index is 0.0276. The number of ether oxygens (including phenoxy) is 1. The van der Waals surface area contributed by atoms with E-state index in [0.717, 1.165) is 12.8 Å². The first kappa shape index (κ1) is 18.5. The van der Waals surface area contributed by atoms with Gasteiger partial charge >= 0.3 is 0 Å². The average molecular weight is 378 g/mol. The Bertz CT molecular complexity index is 532. The third-order valence-corrected chi connectivity index (χ3v) is 4.64. The van der Waals surface area contributed by atoms with Crippen molar-refractivity contribution in [1.82, 2.24) is 0 Å². The lowest BCUT2D eigenvalue weighted by molar-refractivity contribution is 0.297. The summed E-state index contributed by atoms with van der Waals surface area (Å²) in [6.07, 6.45) is 8.33. The first-order valence-corrected chi connectivity index (χ1v) is 9.74. The van der Waals surface area contributed by atoms with Gasteiger partial charge in [0.1, 0.15) is 10.6 Å². The number of halogens is 1. The van der Waals surface area contributed by atoms with E-state index in [2.05, 4.69) is 22.9 Å². The fraction of sp³-hybridized carbons (Fsp3) is 0.600. The van der Waals surface area contributed by atoms with Crippen molar-refractivity contribution in [3.63, 3.8) is 0 Å². The Hall–Kier alpha value is -0.590. The lowest BCUT2D eigenvalue weighted by Gasteiger charge is -2.10. The Morgan fingerprint density at radius 1 is 1.10 bits per heavy atom. The van der Waals surface area contributed by atoms with Gasteiger partial charge in [-0.1, -0.05) is 61.4 Å². The number of primary sulfonamides is 1. The van der Waals surface area contributed by atoms with Gasteiger partial charge in [0.25, 0.3) is 0 Å². The first-order valence-electron chi connectivity index (χ1n) is 7.40. The summed E-state index contributed by atoms with van der Waals surface area (Å²) in [5.74, 6) is 0.326. The number of hydrogen-bond acceptors (Lipinski definition) is 3. The number of hydrogen-bond donors (Lipinski definition) is 1. The van der Waals surface area contributed by atoms with Crippen LogP contribution in [0.1, 0.15) is 51.9 Å². The fourth-order valence-electron chi connectivity index (χ4n) is 2.06. The maximum atomic E-state index is 11.5. The van der Waals surface area contributed by atoms with Crippen LogP contribution in [-0.2, 0) is 10.0 Å². The van der Waals surface area contributed by atoms with E-state index in [1.54, 1.807) is 12.1 Å². The molecule has 0 amide bonds. The zero-order valence-electron chi connectivity index (χ0n) is 12.5. The summed E-state index contributed by atoms with van der Waals surface area (Å²) >= 11 is 3.24. The highest BCUT2D eigenvalue weighted by Gasteiger charge is 2.15. The highest BCUT2D eigenvalue weighted by atomic mass is 79.9. The predicted molar refractivity (Wildman–Crippen MR) is 89.0 cm³/mol. The zero-order valence-corrected chi connectivity index (χ0v) is 14.9. The zero-order chi connectivity index (χ0) is 15.7. The number of benzene rings is 1. The Morgan fingerprint density at radius 3 is 2.33 bits per heavy atom. The largest absolute Gasteiger partial charge is 0.492 e. The Morgan fingerprint density at radius 2 is 1.71 bits per heavy atom. The van der Waals surface area contributed by atoms with Crippen molar-refractivity contribution in [2.45, 2.75) is 56.8 Å². The normalized spacial score (nSPS) is 11.6. The summed E-state index contributed by atoms with van der Waals surface area (Å²) in [4.78, 5) is 0.0276. The van der Waals surface area contributed by atoms with Crippen molar-refractivity contribution in [3.8, 4) is 5.75 Å². The van der Waals surface area contributed by atoms with Crippen molar-refractivity contribution in [3.05, 3.63) is 22.7 Å². The summed E-state index contributed by atoms with van der Waals surface area (Å²) in [5.41, 5.74) is 0. The third-order valence-electron chi connectivity index (χ3n) is 3.22. The van der Waals surface area contributed by atoms with Crippen LogP contribution in [-0.4, -0.2) is 15.0 Å². The highest BCUT2D eigenvalue weighted by molar-refractivity contribution is 9.10. The fourth-order valence-corrected chi connectivity index (χ4v) is 3.28. The second kappa shape index (κ2) is 9.43. The Balaban J connectivity index is 2.39. The Labute approximate surface area is 136 Å². The molecule has 120 valence electrons. The summed E-state index contributed by atoms with van der Waals surface area (Å²) in [6, 6.07) is 4.84. The Kier molecular flexibility index (Phi) is 8.29. The molecule has 2 N–H and O–H groups in total. The molecule has 1 rings (SSSR count). The van der Waals surface area contributed by atoms with Gasteiger partial charge in [-0.05, 0) is 24.6 Å². The van der Waals surface area contributed by atoms with Gasteiger partial charge in [0.05, 0.1) is 6.61 Å². The second-order valence-corrected chi connectivity index (χ2v) is 7.55. The molecule has 0 radical (unpaired) electrons. The standard InChI is InChI=1S/C15H24BrNO3S/c1-2-3-4-5-6-7-8-11-20-14-10-9-13(16)12-15(14)21(17,18)19/h9-10,12H,2-8,11H2,1H3,(H2,17,18,19). The van der Waals surface area contributed by atoms with Crippen LogP contribution in [0.5, 0.6) is 5.75 Å². The van der Waals surface area contributed by atoms with E-state index in [9.17, 15) is 8.42 Å². The molecule has 0 saturated heterocycles. The number of unbranched alkanes of at least 4 members (excludes halogenated alkanes) is 6. The van der Waals surface area contributed by atoms with Crippen LogP contribution in [0.25, 0.3) is 0 Å². The molecule has 0 saturated carbocycles. The van der Waals surface area contributed by atoms with Gasteiger partial charge in [-0.15, -0.1) is 0 Å². The van der Waals surface area contributed by atoms with E-state index in [-0.39, 0.29) is 4.90 Å². The molecule has 0 aromatic heterocycles. The molecular formula is C15H24BrNO3S. The van der Waals surface area contributed by atoms with E-state index in [1.165, 1.54) is 38.2 Å². The predicted octanol–water partition coefficient (Wildman–Crippen LogP) is 4.23. The molecule has 0 spiro atoms. The lowest BCUT2D eigenvalue weighted by Crippen LogP contribution is -2.14. The average Bonchev–Trinajstić information content (AvgIpc) is 2.42. The van der Waals surface area contributed by atoms with Crippen LogP contribution < -0.4 is 9.88 Å². The van der Waals surface area contributed by atoms with Gasteiger partial charge in [0.15, 0.2) is 0 Å². The van der Waals surface area contributed by atoms with Crippen molar-refractivity contribution in [2.24, 2.45) is 5.14 Å². The SMILES string of the molecule is CCCCCCCCCOc1ccc(Br)cc1S(N)(=O)=O. The van der Waals surface area contributed by atoms with E-state index in [1.807, 2.05) is 0 Å². The third kappa shape index (κ3) is 7.29. The molecule has 0 aliphatic heterocycles. The van der Waals surface area contributed by atoms with Crippen molar-refractivity contribution < 1.29 is 13.2 Å². The lowest BCUT2D eigenvalue weighted by atomic mass is 10.1. The van der Waals surface area contributed by atoms with Gasteiger partial charge < -0.3 is 4.74 Å². The number of rotatable bonds is 10. The summed E-state index contributed by atoms with van der Waals surface area (Å²) < 4.78 is 29.3. The van der Waals surface area contributed by atoms with Crippen LogP contribution >= 0.6 is 15.9 Å². The summed E-state index contributed by atoms with van der Waals surface area (Å²) in [6.45, 7) is 2.72. The van der Waals surface area contributed by atoms with Gasteiger partial charge in [-0.2, -0.15) is 0 Å². The van der Waals surface area contributed by atoms with Crippen LogP contribution in [0.4, 0.5) is 0 Å². The van der Waals surface area contributed by atoms with E-state index >= 15 is 0 Å². The molecule has 0 unspecified atom stereocenters. The van der Waals surface area contributed by atoms with Crippen LogP contribution in [0.2, 0.25) is 0 Å². The highest BCUT2D eigenvalue weighted by Crippen LogP contribution is 2.26. The monoisotopic (exact) mass is 377 g/mol. The molecule has 21 heavy (non-hydrogen) atoms. The maximum absolute atomic E-state index is 11.5. The van der Waals surface area contributed by atoms with Crippen LogP contribution in [0.3, 0.4) is 0 Å². The summed E-state index contributed by atoms with van der Waals surface area (Å²) in [5, 5.41) is 5.20. The molecule has 0 aliphatic carbocycles. The number of sulfonamides is 1. The quantitative estimate of drug-likeness (QED) is 0.620. The van der Waals surface area contributed by atoms with Crippen molar-refractivity contribution >= 4 is 26.0 Å². The van der Waals surface area contributed by atoms with Gasteiger partial charge in [0, 0.05) is 4.47 Å². The minimum Gasteiger partial charge on any atom is -0.492 e. The van der Waals surface area contributed by atoms with E-state index in [0.29, 0.717) is 16.8 Å². The molecule has 4 nitrogen and oxygen atoms in total. The van der Waals surface area contributed by atoms with Gasteiger partial charge in [0.2, 0.25) is 10.0 Å². The van der Waals surface area contributed by atoms with Crippen molar-refractivity contribution in [1.29, 1.82) is 0 Å². The topological polar surface area (TPSA) is 69.4 Å². The van der Waals surface area contributed by atoms with E-state index in [4.69, 9.17) is 9.88 Å². The molecule has 1 aromatic rings. The van der Waals surface area contributed by atoms with E-state index < -0.39 is 10.0 Å². The molecule has 0 aliphatic rings. The summed E-state index contributed by atoms with van der Waals surface area (Å²) in [7, 11) is -3.77. The van der Waals surface area contributed by atoms with Crippen LogP contribution in [0.15, 0.2) is 27.6 Å². The molecule has 0 atom stereocenters. The maximum Gasteiger partial charge on any atom is 0.241 e. The minimum atomic E-state index is -3.77. The van der Waals surface area contributed by atoms with Crippen molar-refractivity contribution in [2.75, 3.05) is 6.61 Å². The molecule has 0 heterocycles. The molecule has 6 heteroatoms. The molecule has 0 fully saturated rings. The van der Waals surface area contributed by atoms with Crippen LogP contribution in [0, 0.1) is 0 Å². The first-order chi connectivity index (χ1) is 9.95. The molecule has 0 bridgehead atoms. The van der Waals surface area contributed by atoms with Gasteiger partial charge in [-0.25, -0.2) is 13.6 Å². The molecule has 1 aromatic carbocycles. The smallest absolute Gasteiger partial charge is 0.241 e.